The van der Waals surface area contributed by atoms with Crippen LogP contribution >= 0.6 is 0 Å². The minimum absolute atomic E-state index is 0.352. The van der Waals surface area contributed by atoms with Gasteiger partial charge in [-0.2, -0.15) is 0 Å². The van der Waals surface area contributed by atoms with Crippen molar-refractivity contribution in [3.8, 4) is 0 Å². The largest absolute Gasteiger partial charge is 0.379 e. The van der Waals surface area contributed by atoms with Gasteiger partial charge in [-0.3, -0.25) is 9.89 Å². The summed E-state index contributed by atoms with van der Waals surface area (Å²) in [5, 5.41) is 7.01. The minimum atomic E-state index is 0.352. The van der Waals surface area contributed by atoms with Gasteiger partial charge in [0.15, 0.2) is 5.96 Å². The highest BCUT2D eigenvalue weighted by molar-refractivity contribution is 5.79. The van der Waals surface area contributed by atoms with Crippen molar-refractivity contribution in [2.75, 3.05) is 33.4 Å². The second-order valence-electron chi connectivity index (χ2n) is 7.65. The van der Waals surface area contributed by atoms with Crippen molar-refractivity contribution >= 4 is 5.96 Å². The first-order valence-electron chi connectivity index (χ1n) is 10.6. The van der Waals surface area contributed by atoms with Gasteiger partial charge in [-0.15, -0.1) is 0 Å². The molecule has 0 bridgehead atoms. The average Bonchev–Trinajstić information content (AvgIpc) is 2.77. The maximum Gasteiger partial charge on any atom is 0.191 e. The third kappa shape index (κ3) is 7.18. The molecule has 0 saturated carbocycles. The van der Waals surface area contributed by atoms with Crippen molar-refractivity contribution in [1.29, 1.82) is 0 Å². The van der Waals surface area contributed by atoms with E-state index in [1.807, 2.05) is 7.05 Å². The first kappa shape index (κ1) is 21.3. The van der Waals surface area contributed by atoms with Crippen LogP contribution in [0.15, 0.2) is 59.6 Å². The van der Waals surface area contributed by atoms with E-state index in [-0.39, 0.29) is 0 Å². The summed E-state index contributed by atoms with van der Waals surface area (Å²) >= 11 is 0. The number of aliphatic imine (C=N–C) groups is 1. The maximum absolute atomic E-state index is 5.47. The van der Waals surface area contributed by atoms with Crippen molar-refractivity contribution < 1.29 is 4.74 Å². The van der Waals surface area contributed by atoms with Gasteiger partial charge in [-0.05, 0) is 36.5 Å². The fraction of sp³-hybridized carbons (Fsp3) is 0.458. The van der Waals surface area contributed by atoms with Gasteiger partial charge in [0, 0.05) is 39.3 Å². The average molecular weight is 395 g/mol. The molecule has 2 N–H and O–H groups in total. The zero-order valence-corrected chi connectivity index (χ0v) is 17.7. The van der Waals surface area contributed by atoms with E-state index in [1.165, 1.54) is 16.7 Å². The highest BCUT2D eigenvalue weighted by Gasteiger charge is 2.13. The molecule has 3 rings (SSSR count). The number of rotatable bonds is 8. The number of ether oxygens (including phenoxy) is 1. The van der Waals surface area contributed by atoms with Crippen molar-refractivity contribution in [3.63, 3.8) is 0 Å². The highest BCUT2D eigenvalue weighted by Crippen LogP contribution is 2.13. The maximum atomic E-state index is 5.47. The molecule has 0 radical (unpaired) electrons. The first-order valence-corrected chi connectivity index (χ1v) is 10.6. The fourth-order valence-corrected chi connectivity index (χ4v) is 3.59. The number of benzene rings is 2. The minimum Gasteiger partial charge on any atom is -0.379 e. The number of aryl methyl sites for hydroxylation is 1. The van der Waals surface area contributed by atoms with Gasteiger partial charge in [0.25, 0.3) is 0 Å². The van der Waals surface area contributed by atoms with Crippen LogP contribution in [0.5, 0.6) is 0 Å². The van der Waals surface area contributed by atoms with E-state index < -0.39 is 0 Å². The standard InChI is InChI=1S/C24H34N4O/c1-20(12-13-21-8-4-3-5-9-21)27-24(25-2)26-18-22-10-6-7-11-23(22)19-28-14-16-29-17-15-28/h3-11,20H,12-19H2,1-2H3,(H2,25,26,27). The summed E-state index contributed by atoms with van der Waals surface area (Å²) in [5.41, 5.74) is 4.06. The van der Waals surface area contributed by atoms with E-state index in [2.05, 4.69) is 82.0 Å². The normalized spacial score (nSPS) is 16.4. The van der Waals surface area contributed by atoms with Crippen LogP contribution < -0.4 is 10.6 Å². The van der Waals surface area contributed by atoms with Crippen molar-refractivity contribution in [3.05, 3.63) is 71.3 Å². The Balaban J connectivity index is 1.48. The van der Waals surface area contributed by atoms with E-state index in [0.29, 0.717) is 6.04 Å². The molecular weight excluding hydrogens is 360 g/mol. The summed E-state index contributed by atoms with van der Waals surface area (Å²) < 4.78 is 5.47. The first-order chi connectivity index (χ1) is 14.2. The van der Waals surface area contributed by atoms with Crippen LogP contribution in [0.25, 0.3) is 0 Å². The summed E-state index contributed by atoms with van der Waals surface area (Å²) in [6.07, 6.45) is 2.13. The van der Waals surface area contributed by atoms with E-state index in [9.17, 15) is 0 Å². The second kappa shape index (κ2) is 11.6. The molecule has 1 aliphatic rings. The van der Waals surface area contributed by atoms with Crippen LogP contribution in [0.4, 0.5) is 0 Å². The van der Waals surface area contributed by atoms with E-state index in [1.54, 1.807) is 0 Å². The molecule has 0 amide bonds. The lowest BCUT2D eigenvalue weighted by Crippen LogP contribution is -2.42. The van der Waals surface area contributed by atoms with E-state index in [4.69, 9.17) is 4.74 Å². The Labute approximate surface area is 175 Å². The van der Waals surface area contributed by atoms with Crippen LogP contribution in [0.2, 0.25) is 0 Å². The molecule has 2 aromatic carbocycles. The van der Waals surface area contributed by atoms with E-state index >= 15 is 0 Å². The smallest absolute Gasteiger partial charge is 0.191 e. The summed E-state index contributed by atoms with van der Waals surface area (Å²) in [7, 11) is 1.83. The topological polar surface area (TPSA) is 48.9 Å². The van der Waals surface area contributed by atoms with Crippen LogP contribution in [-0.2, 0) is 24.2 Å². The molecule has 1 heterocycles. The summed E-state index contributed by atoms with van der Waals surface area (Å²) in [6.45, 7) is 7.62. The second-order valence-corrected chi connectivity index (χ2v) is 7.65. The molecule has 1 aliphatic heterocycles. The number of guanidine groups is 1. The monoisotopic (exact) mass is 394 g/mol. The van der Waals surface area contributed by atoms with E-state index in [0.717, 1.165) is 58.2 Å². The number of morpholine rings is 1. The predicted molar refractivity (Wildman–Crippen MR) is 120 cm³/mol. The molecule has 0 aliphatic carbocycles. The molecule has 29 heavy (non-hydrogen) atoms. The van der Waals surface area contributed by atoms with Crippen molar-refractivity contribution in [2.24, 2.45) is 4.99 Å². The SMILES string of the molecule is CN=C(NCc1ccccc1CN1CCOCC1)NC(C)CCc1ccccc1. The molecule has 1 atom stereocenters. The lowest BCUT2D eigenvalue weighted by molar-refractivity contribution is 0.0341. The summed E-state index contributed by atoms with van der Waals surface area (Å²) in [5.74, 6) is 0.853. The molecule has 1 saturated heterocycles. The molecule has 1 fully saturated rings. The van der Waals surface area contributed by atoms with Gasteiger partial charge < -0.3 is 15.4 Å². The van der Waals surface area contributed by atoms with Gasteiger partial charge in [-0.25, -0.2) is 0 Å². The molecule has 156 valence electrons. The van der Waals surface area contributed by atoms with Gasteiger partial charge in [0.05, 0.1) is 13.2 Å². The Morgan fingerprint density at radius 3 is 2.45 bits per heavy atom. The van der Waals surface area contributed by atoms with Crippen LogP contribution in [-0.4, -0.2) is 50.3 Å². The lowest BCUT2D eigenvalue weighted by atomic mass is 10.1. The fourth-order valence-electron chi connectivity index (χ4n) is 3.59. The lowest BCUT2D eigenvalue weighted by Gasteiger charge is -2.27. The molecule has 0 spiro atoms. The Hall–Kier alpha value is -2.37. The molecule has 5 heteroatoms. The molecule has 5 nitrogen and oxygen atoms in total. The molecule has 0 aromatic heterocycles. The van der Waals surface area contributed by atoms with Gasteiger partial charge in [0.2, 0.25) is 0 Å². The molecule has 1 unspecified atom stereocenters. The number of nitrogens with one attached hydrogen (secondary N) is 2. The van der Waals surface area contributed by atoms with Gasteiger partial charge in [0.1, 0.15) is 0 Å². The van der Waals surface area contributed by atoms with Gasteiger partial charge >= 0.3 is 0 Å². The third-order valence-electron chi connectivity index (χ3n) is 5.38. The summed E-state index contributed by atoms with van der Waals surface area (Å²) in [6, 6.07) is 19.6. The van der Waals surface area contributed by atoms with Crippen molar-refractivity contribution in [1.82, 2.24) is 15.5 Å². The van der Waals surface area contributed by atoms with Crippen LogP contribution in [0, 0.1) is 0 Å². The van der Waals surface area contributed by atoms with Crippen LogP contribution in [0.1, 0.15) is 30.0 Å². The Morgan fingerprint density at radius 2 is 1.72 bits per heavy atom. The van der Waals surface area contributed by atoms with Crippen LogP contribution in [0.3, 0.4) is 0 Å². The van der Waals surface area contributed by atoms with Crippen molar-refractivity contribution in [2.45, 2.75) is 38.9 Å². The zero-order chi connectivity index (χ0) is 20.3. The highest BCUT2D eigenvalue weighted by atomic mass is 16.5. The number of hydrogen-bond donors (Lipinski definition) is 2. The molecular formula is C24H34N4O. The Kier molecular flexibility index (Phi) is 8.53. The Morgan fingerprint density at radius 1 is 1.03 bits per heavy atom. The summed E-state index contributed by atoms with van der Waals surface area (Å²) in [4.78, 5) is 6.87. The molecule has 2 aromatic rings. The zero-order valence-electron chi connectivity index (χ0n) is 17.7. The number of hydrogen-bond acceptors (Lipinski definition) is 3. The van der Waals surface area contributed by atoms with Gasteiger partial charge in [-0.1, -0.05) is 54.6 Å². The Bertz CT molecular complexity index is 756. The third-order valence-corrected chi connectivity index (χ3v) is 5.38. The quantitative estimate of drug-likeness (QED) is 0.533. The number of nitrogens with zero attached hydrogens (tertiary/aromatic N) is 2. The predicted octanol–water partition coefficient (Wildman–Crippen LogP) is 3.21.